The molecule has 0 atom stereocenters. The summed E-state index contributed by atoms with van der Waals surface area (Å²) in [6.45, 7) is 4.92. The molecule has 0 spiro atoms. The number of aromatic amines is 1. The summed E-state index contributed by atoms with van der Waals surface area (Å²) in [4.78, 5) is 7.90. The van der Waals surface area contributed by atoms with Gasteiger partial charge in [0.25, 0.3) is 0 Å². The number of imidazole rings is 1. The minimum absolute atomic E-state index is 0.759. The molecule has 2 rings (SSSR count). The van der Waals surface area contributed by atoms with Crippen LogP contribution in [0.2, 0.25) is 5.02 Å². The van der Waals surface area contributed by atoms with Crippen LogP contribution in [0.4, 0.5) is 0 Å². The minimum Gasteiger partial charge on any atom is -0.345 e. The fraction of sp³-hybridized carbons (Fsp3) is 0.357. The number of nitrogens with one attached hydrogen (secondary N) is 2. The lowest BCUT2D eigenvalue weighted by Gasteiger charge is -2.05. The summed E-state index contributed by atoms with van der Waals surface area (Å²) >= 11 is 6.04. The predicted molar refractivity (Wildman–Crippen MR) is 75.1 cm³/mol. The Hall–Kier alpha value is -1.32. The predicted octanol–water partition coefficient (Wildman–Crippen LogP) is 2.99. The summed E-state index contributed by atoms with van der Waals surface area (Å²) in [6.07, 6.45) is 0.818. The summed E-state index contributed by atoms with van der Waals surface area (Å²) in [6, 6.07) is 5.99. The molecule has 2 N–H and O–H groups in total. The summed E-state index contributed by atoms with van der Waals surface area (Å²) in [5, 5.41) is 3.87. The van der Waals surface area contributed by atoms with Gasteiger partial charge in [-0.05, 0) is 44.2 Å². The van der Waals surface area contributed by atoms with Crippen LogP contribution in [0.3, 0.4) is 0 Å². The Morgan fingerprint density at radius 3 is 2.83 bits per heavy atom. The van der Waals surface area contributed by atoms with Crippen LogP contribution >= 0.6 is 11.6 Å². The number of hydrogen-bond acceptors (Lipinski definition) is 2. The Morgan fingerprint density at radius 2 is 2.11 bits per heavy atom. The normalized spacial score (nSPS) is 10.9. The molecule has 0 saturated carbocycles. The molecule has 0 bridgehead atoms. The second kappa shape index (κ2) is 5.55. The number of hydrogen-bond donors (Lipinski definition) is 2. The fourth-order valence-electron chi connectivity index (χ4n) is 2.00. The highest BCUT2D eigenvalue weighted by Crippen LogP contribution is 2.19. The van der Waals surface area contributed by atoms with Gasteiger partial charge in [-0.25, -0.2) is 4.98 Å². The second-order valence-electron chi connectivity index (χ2n) is 4.53. The molecule has 3 nitrogen and oxygen atoms in total. The van der Waals surface area contributed by atoms with Crippen molar-refractivity contribution in [1.29, 1.82) is 0 Å². The SMILES string of the molecule is CNCc1nc(Cc2cc(Cl)ccc2C)c(C)[nH]1. The molecule has 0 radical (unpaired) electrons. The quantitative estimate of drug-likeness (QED) is 0.890. The summed E-state index contributed by atoms with van der Waals surface area (Å²) in [7, 11) is 1.92. The van der Waals surface area contributed by atoms with Crippen molar-refractivity contribution in [2.45, 2.75) is 26.8 Å². The van der Waals surface area contributed by atoms with Crippen molar-refractivity contribution in [3.63, 3.8) is 0 Å². The molecule has 0 aliphatic carbocycles. The molecule has 0 unspecified atom stereocenters. The molecular weight excluding hydrogens is 246 g/mol. The van der Waals surface area contributed by atoms with Crippen LogP contribution in [-0.4, -0.2) is 17.0 Å². The van der Waals surface area contributed by atoms with Crippen molar-refractivity contribution in [2.75, 3.05) is 7.05 Å². The second-order valence-corrected chi connectivity index (χ2v) is 4.97. The summed E-state index contributed by atoms with van der Waals surface area (Å²) in [5.41, 5.74) is 4.69. The number of rotatable bonds is 4. The van der Waals surface area contributed by atoms with E-state index in [1.54, 1.807) is 0 Å². The molecule has 0 fully saturated rings. The average molecular weight is 264 g/mol. The van der Waals surface area contributed by atoms with E-state index in [2.05, 4.69) is 29.1 Å². The van der Waals surface area contributed by atoms with E-state index in [1.807, 2.05) is 25.2 Å². The highest BCUT2D eigenvalue weighted by molar-refractivity contribution is 6.30. The van der Waals surface area contributed by atoms with Gasteiger partial charge in [0.1, 0.15) is 5.82 Å². The Morgan fingerprint density at radius 1 is 1.33 bits per heavy atom. The summed E-state index contributed by atoms with van der Waals surface area (Å²) in [5.74, 6) is 0.977. The van der Waals surface area contributed by atoms with Crippen LogP contribution in [0.25, 0.3) is 0 Å². The molecule has 1 aromatic heterocycles. The molecule has 0 aliphatic rings. The van der Waals surface area contributed by atoms with E-state index in [9.17, 15) is 0 Å². The Bertz CT molecular complexity index is 546. The first-order chi connectivity index (χ1) is 8.60. The fourth-order valence-corrected chi connectivity index (χ4v) is 2.19. The number of benzene rings is 1. The third-order valence-electron chi connectivity index (χ3n) is 3.05. The third kappa shape index (κ3) is 2.92. The van der Waals surface area contributed by atoms with E-state index in [4.69, 9.17) is 11.6 Å². The lowest BCUT2D eigenvalue weighted by molar-refractivity contribution is 0.768. The van der Waals surface area contributed by atoms with Gasteiger partial charge in [-0.2, -0.15) is 0 Å². The van der Waals surface area contributed by atoms with E-state index in [0.717, 1.165) is 35.2 Å². The zero-order chi connectivity index (χ0) is 13.1. The molecule has 1 heterocycles. The Balaban J connectivity index is 2.25. The van der Waals surface area contributed by atoms with Crippen LogP contribution in [-0.2, 0) is 13.0 Å². The van der Waals surface area contributed by atoms with Gasteiger partial charge in [0.15, 0.2) is 0 Å². The zero-order valence-electron chi connectivity index (χ0n) is 11.0. The monoisotopic (exact) mass is 263 g/mol. The van der Waals surface area contributed by atoms with Crippen LogP contribution in [0, 0.1) is 13.8 Å². The lowest BCUT2D eigenvalue weighted by atomic mass is 10.0. The first kappa shape index (κ1) is 13.1. The minimum atomic E-state index is 0.759. The highest BCUT2D eigenvalue weighted by Gasteiger charge is 2.09. The van der Waals surface area contributed by atoms with Crippen LogP contribution < -0.4 is 5.32 Å². The number of aromatic nitrogens is 2. The van der Waals surface area contributed by atoms with E-state index in [1.165, 1.54) is 11.1 Å². The van der Waals surface area contributed by atoms with Crippen molar-refractivity contribution in [3.8, 4) is 0 Å². The van der Waals surface area contributed by atoms with Crippen LogP contribution in [0.5, 0.6) is 0 Å². The number of aryl methyl sites for hydroxylation is 2. The maximum atomic E-state index is 6.04. The van der Waals surface area contributed by atoms with Crippen molar-refractivity contribution in [2.24, 2.45) is 0 Å². The lowest BCUT2D eigenvalue weighted by Crippen LogP contribution is -2.06. The molecule has 96 valence electrons. The molecule has 0 amide bonds. The number of H-pyrrole nitrogens is 1. The molecule has 0 saturated heterocycles. The highest BCUT2D eigenvalue weighted by atomic mass is 35.5. The van der Waals surface area contributed by atoms with Crippen molar-refractivity contribution in [3.05, 3.63) is 51.6 Å². The largest absolute Gasteiger partial charge is 0.345 e. The maximum absolute atomic E-state index is 6.04. The summed E-state index contributed by atoms with van der Waals surface area (Å²) < 4.78 is 0. The van der Waals surface area contributed by atoms with Crippen LogP contribution in [0.15, 0.2) is 18.2 Å². The maximum Gasteiger partial charge on any atom is 0.120 e. The van der Waals surface area contributed by atoms with E-state index < -0.39 is 0 Å². The van der Waals surface area contributed by atoms with Gasteiger partial charge >= 0.3 is 0 Å². The third-order valence-corrected chi connectivity index (χ3v) is 3.28. The van der Waals surface area contributed by atoms with Gasteiger partial charge in [0.2, 0.25) is 0 Å². The topological polar surface area (TPSA) is 40.7 Å². The molecule has 1 aromatic carbocycles. The van der Waals surface area contributed by atoms with Crippen molar-refractivity contribution < 1.29 is 0 Å². The van der Waals surface area contributed by atoms with E-state index in [0.29, 0.717) is 0 Å². The standard InChI is InChI=1S/C14H18ClN3/c1-9-4-5-12(15)6-11(9)7-13-10(2)17-14(18-13)8-16-3/h4-6,16H,7-8H2,1-3H3,(H,17,18). The van der Waals surface area contributed by atoms with Gasteiger partial charge in [-0.3, -0.25) is 0 Å². The van der Waals surface area contributed by atoms with Crippen molar-refractivity contribution >= 4 is 11.6 Å². The van der Waals surface area contributed by atoms with Gasteiger partial charge in [-0.1, -0.05) is 17.7 Å². The van der Waals surface area contributed by atoms with Gasteiger partial charge in [0, 0.05) is 17.1 Å². The van der Waals surface area contributed by atoms with Gasteiger partial charge in [-0.15, -0.1) is 0 Å². The van der Waals surface area contributed by atoms with E-state index >= 15 is 0 Å². The molecular formula is C14H18ClN3. The Labute approximate surface area is 113 Å². The molecule has 2 aromatic rings. The number of halogens is 1. The van der Waals surface area contributed by atoms with Crippen LogP contribution in [0.1, 0.15) is 28.3 Å². The average Bonchev–Trinajstić information content (AvgIpc) is 2.65. The molecule has 18 heavy (non-hydrogen) atoms. The molecule has 0 aliphatic heterocycles. The van der Waals surface area contributed by atoms with Gasteiger partial charge in [0.05, 0.1) is 12.2 Å². The first-order valence-corrected chi connectivity index (χ1v) is 6.42. The van der Waals surface area contributed by atoms with Crippen molar-refractivity contribution in [1.82, 2.24) is 15.3 Å². The van der Waals surface area contributed by atoms with E-state index in [-0.39, 0.29) is 0 Å². The van der Waals surface area contributed by atoms with Gasteiger partial charge < -0.3 is 10.3 Å². The molecule has 4 heteroatoms. The smallest absolute Gasteiger partial charge is 0.120 e. The Kier molecular flexibility index (Phi) is 4.04. The zero-order valence-corrected chi connectivity index (χ0v) is 11.7. The number of nitrogens with zero attached hydrogens (tertiary/aromatic N) is 1. The first-order valence-electron chi connectivity index (χ1n) is 6.04.